The molecule has 0 atom stereocenters. The van der Waals surface area contributed by atoms with Gasteiger partial charge in [0.2, 0.25) is 0 Å². The molecule has 7 nitrogen and oxygen atoms in total. The number of ether oxygens (including phenoxy) is 2. The first kappa shape index (κ1) is 21.5. The highest BCUT2D eigenvalue weighted by Gasteiger charge is 2.24. The third-order valence-electron chi connectivity index (χ3n) is 5.82. The highest BCUT2D eigenvalue weighted by molar-refractivity contribution is 5.96. The third kappa shape index (κ3) is 4.41. The first-order chi connectivity index (χ1) is 16.7. The molecule has 2 N–H and O–H groups in total. The Morgan fingerprint density at radius 1 is 1.06 bits per heavy atom. The molecule has 0 bridgehead atoms. The van der Waals surface area contributed by atoms with E-state index >= 15 is 0 Å². The van der Waals surface area contributed by atoms with Crippen molar-refractivity contribution in [2.75, 3.05) is 7.11 Å². The number of carbonyl (C=O) groups is 1. The van der Waals surface area contributed by atoms with Crippen molar-refractivity contribution in [3.8, 4) is 22.8 Å². The second-order valence-electron chi connectivity index (χ2n) is 7.97. The number of nitrogens with one attached hydrogen (secondary N) is 2. The van der Waals surface area contributed by atoms with Crippen LogP contribution in [0.4, 0.5) is 0 Å². The van der Waals surface area contributed by atoms with Gasteiger partial charge in [-0.3, -0.25) is 9.89 Å². The number of H-pyrrole nitrogens is 1. The van der Waals surface area contributed by atoms with Crippen LogP contribution >= 0.6 is 0 Å². The Balaban J connectivity index is 1.27. The molecule has 1 heterocycles. The van der Waals surface area contributed by atoms with Crippen molar-refractivity contribution >= 4 is 12.1 Å². The molecule has 34 heavy (non-hydrogen) atoms. The summed E-state index contributed by atoms with van der Waals surface area (Å²) >= 11 is 0. The van der Waals surface area contributed by atoms with Crippen molar-refractivity contribution in [2.24, 2.45) is 5.10 Å². The standard InChI is InChI=1S/C27H24N4O3/c1-33-23-14-11-19(15-24(23)34-17-18-7-3-2-4-8-18)16-28-31-27(32)26-22-13-12-20-9-5-6-10-21(20)25(22)29-30-26/h2-11,14-16H,12-13,17H2,1H3,(H,29,30)(H,31,32). The zero-order chi connectivity index (χ0) is 23.3. The van der Waals surface area contributed by atoms with Gasteiger partial charge in [0.15, 0.2) is 11.5 Å². The molecule has 1 amide bonds. The molecule has 4 aromatic rings. The Hall–Kier alpha value is -4.39. The number of fused-ring (bicyclic) bond motifs is 3. The molecular weight excluding hydrogens is 428 g/mol. The first-order valence-electron chi connectivity index (χ1n) is 11.1. The fourth-order valence-corrected chi connectivity index (χ4v) is 4.09. The molecule has 0 spiro atoms. The number of carbonyl (C=O) groups excluding carboxylic acids is 1. The Kier molecular flexibility index (Phi) is 6.07. The number of benzene rings is 3. The third-order valence-corrected chi connectivity index (χ3v) is 5.82. The van der Waals surface area contributed by atoms with Gasteiger partial charge in [0.25, 0.3) is 5.91 Å². The molecule has 1 aromatic heterocycles. The van der Waals surface area contributed by atoms with Crippen LogP contribution in [0.1, 0.15) is 32.7 Å². The second kappa shape index (κ2) is 9.62. The highest BCUT2D eigenvalue weighted by Crippen LogP contribution is 2.33. The van der Waals surface area contributed by atoms with Crippen molar-refractivity contribution in [1.29, 1.82) is 0 Å². The predicted octanol–water partition coefficient (Wildman–Crippen LogP) is 4.53. The summed E-state index contributed by atoms with van der Waals surface area (Å²) in [5.74, 6) is 0.905. The van der Waals surface area contributed by atoms with Gasteiger partial charge in [-0.2, -0.15) is 10.2 Å². The molecule has 7 heteroatoms. The van der Waals surface area contributed by atoms with Gasteiger partial charge < -0.3 is 9.47 Å². The van der Waals surface area contributed by atoms with Gasteiger partial charge in [-0.1, -0.05) is 54.6 Å². The molecule has 0 aliphatic heterocycles. The van der Waals surface area contributed by atoms with E-state index in [1.807, 2.05) is 66.7 Å². The van der Waals surface area contributed by atoms with E-state index in [0.717, 1.165) is 40.8 Å². The van der Waals surface area contributed by atoms with Crippen LogP contribution in [0.2, 0.25) is 0 Å². The van der Waals surface area contributed by atoms with E-state index in [4.69, 9.17) is 9.47 Å². The van der Waals surface area contributed by atoms with Crippen LogP contribution in [-0.2, 0) is 19.4 Å². The fraction of sp³-hybridized carbons (Fsp3) is 0.148. The molecule has 0 fully saturated rings. The van der Waals surface area contributed by atoms with Crippen molar-refractivity contribution in [3.05, 3.63) is 101 Å². The molecule has 3 aromatic carbocycles. The normalized spacial score (nSPS) is 12.1. The van der Waals surface area contributed by atoms with E-state index in [9.17, 15) is 4.79 Å². The largest absolute Gasteiger partial charge is 0.493 e. The molecule has 0 saturated carbocycles. The number of aryl methyl sites for hydroxylation is 1. The van der Waals surface area contributed by atoms with E-state index in [1.54, 1.807) is 13.3 Å². The van der Waals surface area contributed by atoms with Crippen LogP contribution in [0, 0.1) is 0 Å². The van der Waals surface area contributed by atoms with Crippen LogP contribution in [0.15, 0.2) is 77.9 Å². The summed E-state index contributed by atoms with van der Waals surface area (Å²) in [7, 11) is 1.60. The Morgan fingerprint density at radius 2 is 1.88 bits per heavy atom. The number of rotatable bonds is 7. The summed E-state index contributed by atoms with van der Waals surface area (Å²) in [6, 6.07) is 23.5. The van der Waals surface area contributed by atoms with Crippen LogP contribution < -0.4 is 14.9 Å². The van der Waals surface area contributed by atoms with Gasteiger partial charge in [-0.05, 0) is 47.7 Å². The number of hydrogen-bond donors (Lipinski definition) is 2. The maximum Gasteiger partial charge on any atom is 0.289 e. The SMILES string of the molecule is COc1ccc(C=NNC(=O)c2[nH]nc3c2CCc2ccccc2-3)cc1OCc1ccccc1. The quantitative estimate of drug-likeness (QED) is 0.319. The topological polar surface area (TPSA) is 88.6 Å². The minimum atomic E-state index is -0.321. The fourth-order valence-electron chi connectivity index (χ4n) is 4.09. The van der Waals surface area contributed by atoms with Crippen LogP contribution in [0.3, 0.4) is 0 Å². The van der Waals surface area contributed by atoms with Gasteiger partial charge >= 0.3 is 0 Å². The van der Waals surface area contributed by atoms with Crippen LogP contribution in [-0.4, -0.2) is 29.4 Å². The van der Waals surface area contributed by atoms with Gasteiger partial charge in [0.05, 0.1) is 19.0 Å². The average molecular weight is 453 g/mol. The number of hydrogen-bond acceptors (Lipinski definition) is 5. The number of methoxy groups -OCH3 is 1. The summed E-state index contributed by atoms with van der Waals surface area (Å²) in [5.41, 5.74) is 8.96. The monoisotopic (exact) mass is 452 g/mol. The maximum absolute atomic E-state index is 12.8. The molecule has 0 saturated heterocycles. The number of aromatic amines is 1. The Morgan fingerprint density at radius 3 is 2.74 bits per heavy atom. The van der Waals surface area contributed by atoms with Crippen molar-refractivity contribution in [3.63, 3.8) is 0 Å². The Labute approximate surface area is 197 Å². The van der Waals surface area contributed by atoms with Gasteiger partial charge in [0.1, 0.15) is 12.3 Å². The summed E-state index contributed by atoms with van der Waals surface area (Å²) in [4.78, 5) is 12.8. The van der Waals surface area contributed by atoms with E-state index < -0.39 is 0 Å². The lowest BCUT2D eigenvalue weighted by Gasteiger charge is -2.15. The van der Waals surface area contributed by atoms with E-state index in [-0.39, 0.29) is 5.91 Å². The summed E-state index contributed by atoms with van der Waals surface area (Å²) < 4.78 is 11.4. The average Bonchev–Trinajstić information content (AvgIpc) is 3.33. The van der Waals surface area contributed by atoms with Gasteiger partial charge in [0, 0.05) is 11.1 Å². The molecule has 5 rings (SSSR count). The number of nitrogens with zero attached hydrogens (tertiary/aromatic N) is 2. The van der Waals surface area contributed by atoms with E-state index in [0.29, 0.717) is 23.8 Å². The molecular formula is C27H24N4O3. The lowest BCUT2D eigenvalue weighted by molar-refractivity contribution is 0.0949. The maximum atomic E-state index is 12.8. The smallest absolute Gasteiger partial charge is 0.289 e. The number of aromatic nitrogens is 2. The van der Waals surface area contributed by atoms with Crippen molar-refractivity contribution in [2.45, 2.75) is 19.4 Å². The zero-order valence-corrected chi connectivity index (χ0v) is 18.7. The zero-order valence-electron chi connectivity index (χ0n) is 18.7. The van der Waals surface area contributed by atoms with Crippen molar-refractivity contribution in [1.82, 2.24) is 15.6 Å². The summed E-state index contributed by atoms with van der Waals surface area (Å²) in [6.07, 6.45) is 3.21. The highest BCUT2D eigenvalue weighted by atomic mass is 16.5. The second-order valence-corrected chi connectivity index (χ2v) is 7.97. The molecule has 1 aliphatic rings. The van der Waals surface area contributed by atoms with Crippen molar-refractivity contribution < 1.29 is 14.3 Å². The minimum absolute atomic E-state index is 0.321. The predicted molar refractivity (Wildman–Crippen MR) is 130 cm³/mol. The van der Waals surface area contributed by atoms with Gasteiger partial charge in [-0.25, -0.2) is 5.43 Å². The summed E-state index contributed by atoms with van der Waals surface area (Å²) in [6.45, 7) is 0.419. The van der Waals surface area contributed by atoms with E-state index in [2.05, 4.69) is 26.8 Å². The Bertz CT molecular complexity index is 1350. The van der Waals surface area contributed by atoms with Crippen LogP contribution in [0.25, 0.3) is 11.3 Å². The summed E-state index contributed by atoms with van der Waals surface area (Å²) in [5, 5.41) is 11.4. The first-order valence-corrected chi connectivity index (χ1v) is 11.1. The molecule has 1 aliphatic carbocycles. The molecule has 170 valence electrons. The van der Waals surface area contributed by atoms with Gasteiger partial charge in [-0.15, -0.1) is 0 Å². The van der Waals surface area contributed by atoms with E-state index in [1.165, 1.54) is 5.56 Å². The van der Waals surface area contributed by atoms with Crippen LogP contribution in [0.5, 0.6) is 11.5 Å². The number of hydrazone groups is 1. The minimum Gasteiger partial charge on any atom is -0.493 e. The molecule has 0 unspecified atom stereocenters. The number of amides is 1. The molecule has 0 radical (unpaired) electrons. The lowest BCUT2D eigenvalue weighted by Crippen LogP contribution is -2.20. The lowest BCUT2D eigenvalue weighted by atomic mass is 9.89.